The minimum absolute atomic E-state index is 0.256. The van der Waals surface area contributed by atoms with Gasteiger partial charge in [-0.15, -0.1) is 0 Å². The van der Waals surface area contributed by atoms with E-state index in [2.05, 4.69) is 4.18 Å². The predicted molar refractivity (Wildman–Crippen MR) is 58.2 cm³/mol. The summed E-state index contributed by atoms with van der Waals surface area (Å²) >= 11 is 0. The van der Waals surface area contributed by atoms with Gasteiger partial charge in [-0.1, -0.05) is 39.0 Å². The van der Waals surface area contributed by atoms with Crippen LogP contribution in [-0.4, -0.2) is 26.0 Å². The molecule has 0 bridgehead atoms. The summed E-state index contributed by atoms with van der Waals surface area (Å²) in [6, 6.07) is 0. The number of halogens is 3. The summed E-state index contributed by atoms with van der Waals surface area (Å²) in [5.74, 6) is -1.97. The van der Waals surface area contributed by atoms with Crippen molar-refractivity contribution >= 4 is 16.1 Å². The van der Waals surface area contributed by atoms with E-state index >= 15 is 0 Å². The normalized spacial score (nSPS) is 14.3. The molecule has 0 saturated heterocycles. The third-order valence-corrected chi connectivity index (χ3v) is 3.41. The number of unbranched alkanes of at least 4 members (excludes halogenated alkanes) is 4. The molecule has 0 aromatic heterocycles. The fraction of sp³-hybridized carbons (Fsp3) is 0.900. The maximum Gasteiger partial charge on any atom is 0.523 e. The molecule has 0 spiro atoms. The minimum Gasteiger partial charge on any atom is -0.547 e. The van der Waals surface area contributed by atoms with Crippen LogP contribution in [0.15, 0.2) is 0 Å². The van der Waals surface area contributed by atoms with Crippen LogP contribution in [0.25, 0.3) is 0 Å². The molecule has 0 aromatic carbocycles. The number of carboxylic acid groups (broad SMARTS) is 1. The first kappa shape index (κ1) is 18.2. The Morgan fingerprint density at radius 3 is 2.16 bits per heavy atom. The van der Waals surface area contributed by atoms with E-state index in [1.54, 1.807) is 0 Å². The second-order valence-corrected chi connectivity index (χ2v) is 5.57. The molecule has 0 N–H and O–H groups in total. The molecule has 0 rings (SSSR count). The van der Waals surface area contributed by atoms with Gasteiger partial charge in [0.15, 0.2) is 0 Å². The van der Waals surface area contributed by atoms with E-state index < -0.39 is 27.7 Å². The molecule has 0 heterocycles. The minimum atomic E-state index is -5.91. The van der Waals surface area contributed by atoms with E-state index in [0.29, 0.717) is 6.42 Å². The van der Waals surface area contributed by atoms with Crippen molar-refractivity contribution in [1.82, 2.24) is 0 Å². The largest absolute Gasteiger partial charge is 0.547 e. The number of aliphatic carboxylic acids is 1. The molecule has 0 fully saturated rings. The highest BCUT2D eigenvalue weighted by Crippen LogP contribution is 2.26. The Bertz CT molecular complexity index is 377. The van der Waals surface area contributed by atoms with Crippen molar-refractivity contribution in [2.24, 2.45) is 0 Å². The first-order valence-electron chi connectivity index (χ1n) is 5.82. The van der Waals surface area contributed by atoms with E-state index in [4.69, 9.17) is 0 Å². The van der Waals surface area contributed by atoms with Crippen LogP contribution in [0.1, 0.15) is 45.4 Å². The van der Waals surface area contributed by atoms with Gasteiger partial charge in [-0.05, 0) is 6.42 Å². The van der Waals surface area contributed by atoms with Gasteiger partial charge >= 0.3 is 15.6 Å². The van der Waals surface area contributed by atoms with Gasteiger partial charge in [-0.25, -0.2) is 0 Å². The van der Waals surface area contributed by atoms with Crippen LogP contribution in [0.5, 0.6) is 0 Å². The third-order valence-electron chi connectivity index (χ3n) is 2.36. The molecule has 1 atom stereocenters. The average Bonchev–Trinajstić information content (AvgIpc) is 2.25. The van der Waals surface area contributed by atoms with Gasteiger partial charge in [-0.2, -0.15) is 21.6 Å². The van der Waals surface area contributed by atoms with Crippen molar-refractivity contribution in [3.63, 3.8) is 0 Å². The van der Waals surface area contributed by atoms with Crippen LogP contribution in [0.4, 0.5) is 13.2 Å². The topological polar surface area (TPSA) is 83.5 Å². The second kappa shape index (κ2) is 7.68. The number of carbonyl (C=O) groups is 1. The zero-order chi connectivity index (χ0) is 15.1. The summed E-state index contributed by atoms with van der Waals surface area (Å²) in [6.07, 6.45) is 1.07. The lowest BCUT2D eigenvalue weighted by atomic mass is 10.1. The Hall–Kier alpha value is -0.830. The molecular formula is C10H16F3O5S-. The van der Waals surface area contributed by atoms with Crippen LogP contribution in [0, 0.1) is 0 Å². The summed E-state index contributed by atoms with van der Waals surface area (Å²) < 4.78 is 61.0. The van der Waals surface area contributed by atoms with Crippen molar-refractivity contribution in [2.75, 3.05) is 0 Å². The van der Waals surface area contributed by atoms with Crippen molar-refractivity contribution in [1.29, 1.82) is 0 Å². The van der Waals surface area contributed by atoms with Crippen LogP contribution in [0.2, 0.25) is 0 Å². The Kier molecular flexibility index (Phi) is 7.35. The zero-order valence-electron chi connectivity index (χ0n) is 10.4. The van der Waals surface area contributed by atoms with Crippen molar-refractivity contribution in [2.45, 2.75) is 57.1 Å². The molecule has 0 radical (unpaired) electrons. The van der Waals surface area contributed by atoms with E-state index in [1.165, 1.54) is 0 Å². The highest BCUT2D eigenvalue weighted by atomic mass is 32.2. The standard InChI is InChI=1S/C10H17F3O5S/c1-2-3-4-5-6-7-8(9(14)15)18-19(16,17)10(11,12)13/h8H,2-7H2,1H3,(H,14,15)/p-1. The molecular weight excluding hydrogens is 289 g/mol. The summed E-state index contributed by atoms with van der Waals surface area (Å²) in [5, 5.41) is 10.6. The Balaban J connectivity index is 4.40. The van der Waals surface area contributed by atoms with E-state index in [-0.39, 0.29) is 12.8 Å². The second-order valence-electron chi connectivity index (χ2n) is 4.01. The van der Waals surface area contributed by atoms with E-state index in [1.807, 2.05) is 6.92 Å². The van der Waals surface area contributed by atoms with E-state index in [9.17, 15) is 31.5 Å². The molecule has 0 amide bonds. The number of alkyl halides is 3. The van der Waals surface area contributed by atoms with Crippen molar-refractivity contribution in [3.8, 4) is 0 Å². The Labute approximate surface area is 109 Å². The molecule has 0 aliphatic rings. The Morgan fingerprint density at radius 1 is 1.21 bits per heavy atom. The van der Waals surface area contributed by atoms with Gasteiger partial charge in [0, 0.05) is 0 Å². The molecule has 1 unspecified atom stereocenters. The summed E-state index contributed by atoms with van der Waals surface area (Å²) in [6.45, 7) is 1.96. The van der Waals surface area contributed by atoms with Gasteiger partial charge in [0.05, 0.1) is 5.97 Å². The first-order valence-corrected chi connectivity index (χ1v) is 7.23. The number of rotatable bonds is 9. The third kappa shape index (κ3) is 6.76. The number of carbonyl (C=O) groups excluding carboxylic acids is 1. The average molecular weight is 305 g/mol. The highest BCUT2D eigenvalue weighted by Gasteiger charge is 2.48. The van der Waals surface area contributed by atoms with Gasteiger partial charge in [0.2, 0.25) is 0 Å². The van der Waals surface area contributed by atoms with Gasteiger partial charge < -0.3 is 9.90 Å². The maximum atomic E-state index is 12.0. The van der Waals surface area contributed by atoms with Crippen molar-refractivity contribution in [3.05, 3.63) is 0 Å². The van der Waals surface area contributed by atoms with Crippen LogP contribution >= 0.6 is 0 Å². The molecule has 0 aliphatic heterocycles. The molecule has 0 aromatic rings. The monoisotopic (exact) mass is 305 g/mol. The molecule has 0 aliphatic carbocycles. The predicted octanol–water partition coefficient (Wildman–Crippen LogP) is 1.33. The van der Waals surface area contributed by atoms with Crippen LogP contribution in [0.3, 0.4) is 0 Å². The quantitative estimate of drug-likeness (QED) is 0.364. The highest BCUT2D eigenvalue weighted by molar-refractivity contribution is 7.87. The fourth-order valence-electron chi connectivity index (χ4n) is 1.35. The lowest BCUT2D eigenvalue weighted by molar-refractivity contribution is -0.314. The lowest BCUT2D eigenvalue weighted by Crippen LogP contribution is -2.41. The number of hydrogen-bond acceptors (Lipinski definition) is 5. The Morgan fingerprint density at radius 2 is 1.74 bits per heavy atom. The summed E-state index contributed by atoms with van der Waals surface area (Å²) in [7, 11) is -5.91. The summed E-state index contributed by atoms with van der Waals surface area (Å²) in [5.41, 5.74) is -5.64. The molecule has 114 valence electrons. The fourth-order valence-corrected chi connectivity index (χ4v) is 1.94. The first-order chi connectivity index (χ1) is 8.62. The lowest BCUT2D eigenvalue weighted by Gasteiger charge is -2.19. The van der Waals surface area contributed by atoms with Crippen LogP contribution in [-0.2, 0) is 19.1 Å². The maximum absolute atomic E-state index is 12.0. The SMILES string of the molecule is CCCCCCCC(OS(=O)(=O)C(F)(F)F)C(=O)[O-]. The zero-order valence-corrected chi connectivity index (χ0v) is 11.2. The van der Waals surface area contributed by atoms with Gasteiger partial charge in [0.25, 0.3) is 0 Å². The smallest absolute Gasteiger partial charge is 0.523 e. The van der Waals surface area contributed by atoms with Gasteiger partial charge in [-0.3, -0.25) is 4.18 Å². The molecule has 5 nitrogen and oxygen atoms in total. The van der Waals surface area contributed by atoms with Crippen molar-refractivity contribution < 1.29 is 35.7 Å². The number of hydrogen-bond donors (Lipinski definition) is 0. The van der Waals surface area contributed by atoms with Crippen LogP contribution < -0.4 is 5.11 Å². The number of carboxylic acids is 1. The molecule has 9 heteroatoms. The molecule has 0 saturated carbocycles. The van der Waals surface area contributed by atoms with Gasteiger partial charge in [0.1, 0.15) is 6.10 Å². The molecule has 19 heavy (non-hydrogen) atoms. The van der Waals surface area contributed by atoms with E-state index in [0.717, 1.165) is 19.3 Å². The summed E-state index contributed by atoms with van der Waals surface area (Å²) in [4.78, 5) is 10.6.